The van der Waals surface area contributed by atoms with Crippen molar-refractivity contribution in [3.05, 3.63) is 35.6 Å². The number of nitrogens with zero attached hydrogens (tertiary/aromatic N) is 1. The lowest BCUT2D eigenvalue weighted by molar-refractivity contribution is 0.153. The first-order chi connectivity index (χ1) is 9.26. The first-order valence-corrected chi connectivity index (χ1v) is 6.77. The minimum atomic E-state index is -0.907. The summed E-state index contributed by atoms with van der Waals surface area (Å²) in [5, 5.41) is 12.6. The van der Waals surface area contributed by atoms with E-state index in [-0.39, 0.29) is 23.3 Å². The van der Waals surface area contributed by atoms with Crippen molar-refractivity contribution in [2.75, 3.05) is 13.1 Å². The van der Waals surface area contributed by atoms with Gasteiger partial charge in [-0.05, 0) is 38.5 Å². The van der Waals surface area contributed by atoms with Gasteiger partial charge in [0, 0.05) is 30.6 Å². The Labute approximate surface area is 118 Å². The van der Waals surface area contributed by atoms with Gasteiger partial charge in [-0.3, -0.25) is 0 Å². The molecule has 1 aliphatic heterocycles. The van der Waals surface area contributed by atoms with Gasteiger partial charge in [0.15, 0.2) is 0 Å². The van der Waals surface area contributed by atoms with Crippen LogP contribution in [0.1, 0.15) is 32.3 Å². The predicted octanol–water partition coefficient (Wildman–Crippen LogP) is 2.66. The van der Waals surface area contributed by atoms with Crippen molar-refractivity contribution in [3.63, 3.8) is 0 Å². The van der Waals surface area contributed by atoms with Crippen LogP contribution in [0, 0.1) is 5.82 Å². The molecule has 0 aromatic heterocycles. The number of amides is 1. The summed E-state index contributed by atoms with van der Waals surface area (Å²) in [6.45, 7) is 7.05. The summed E-state index contributed by atoms with van der Waals surface area (Å²) in [7, 11) is 0. The van der Waals surface area contributed by atoms with E-state index >= 15 is 0 Å². The number of hydrogen-bond donors (Lipinski definition) is 2. The fourth-order valence-corrected chi connectivity index (χ4v) is 2.71. The van der Waals surface area contributed by atoms with Crippen molar-refractivity contribution in [1.29, 1.82) is 0 Å². The minimum absolute atomic E-state index is 0.0385. The maximum Gasteiger partial charge on any atom is 0.407 e. The van der Waals surface area contributed by atoms with Gasteiger partial charge in [0.05, 0.1) is 0 Å². The number of hydrogen-bond acceptors (Lipinski definition) is 2. The molecular weight excluding hydrogens is 259 g/mol. The molecule has 2 N–H and O–H groups in total. The first kappa shape index (κ1) is 14.8. The van der Waals surface area contributed by atoms with Gasteiger partial charge in [0.25, 0.3) is 0 Å². The number of rotatable bonds is 2. The minimum Gasteiger partial charge on any atom is -0.465 e. The summed E-state index contributed by atoms with van der Waals surface area (Å²) in [6.07, 6.45) is -0.907. The normalized spacial score (nSPS) is 23.1. The molecule has 110 valence electrons. The largest absolute Gasteiger partial charge is 0.465 e. The molecule has 1 heterocycles. The van der Waals surface area contributed by atoms with Gasteiger partial charge in [-0.2, -0.15) is 0 Å². The zero-order valence-electron chi connectivity index (χ0n) is 12.1. The van der Waals surface area contributed by atoms with E-state index in [1.807, 2.05) is 0 Å². The quantitative estimate of drug-likeness (QED) is 0.875. The lowest BCUT2D eigenvalue weighted by atomic mass is 9.92. The molecule has 1 aliphatic rings. The molecule has 2 atom stereocenters. The van der Waals surface area contributed by atoms with E-state index in [1.54, 1.807) is 12.1 Å². The van der Waals surface area contributed by atoms with Gasteiger partial charge in [-0.1, -0.05) is 12.1 Å². The lowest BCUT2D eigenvalue weighted by Crippen LogP contribution is -2.47. The predicted molar refractivity (Wildman–Crippen MR) is 75.4 cm³/mol. The number of halogens is 1. The van der Waals surface area contributed by atoms with Gasteiger partial charge >= 0.3 is 6.09 Å². The Morgan fingerprint density at radius 3 is 2.40 bits per heavy atom. The van der Waals surface area contributed by atoms with E-state index in [0.29, 0.717) is 13.1 Å². The van der Waals surface area contributed by atoms with Crippen LogP contribution in [0.15, 0.2) is 24.3 Å². The maximum atomic E-state index is 13.0. The standard InChI is InChI=1S/C15H21FN2O2/c1-15(2,3)17-13-9-18(14(19)20)8-12(13)10-4-6-11(16)7-5-10/h4-7,12-13,17H,8-9H2,1-3H3,(H,19,20)/t12-,13+/m0/s1. The molecule has 2 rings (SSSR count). The average Bonchev–Trinajstić information content (AvgIpc) is 2.72. The van der Waals surface area contributed by atoms with Crippen molar-refractivity contribution in [1.82, 2.24) is 10.2 Å². The van der Waals surface area contributed by atoms with Crippen LogP contribution < -0.4 is 5.32 Å². The first-order valence-electron chi connectivity index (χ1n) is 6.77. The Bertz CT molecular complexity index is 482. The topological polar surface area (TPSA) is 52.6 Å². The molecule has 20 heavy (non-hydrogen) atoms. The molecule has 1 aromatic rings. The van der Waals surface area contributed by atoms with E-state index in [0.717, 1.165) is 5.56 Å². The van der Waals surface area contributed by atoms with Gasteiger partial charge < -0.3 is 15.3 Å². The molecule has 0 aliphatic carbocycles. The molecule has 0 unspecified atom stereocenters. The van der Waals surface area contributed by atoms with E-state index in [9.17, 15) is 14.3 Å². The number of carbonyl (C=O) groups is 1. The van der Waals surface area contributed by atoms with E-state index in [1.165, 1.54) is 17.0 Å². The van der Waals surface area contributed by atoms with Crippen LogP contribution in [0.4, 0.5) is 9.18 Å². The summed E-state index contributed by atoms with van der Waals surface area (Å²) in [6, 6.07) is 6.36. The second-order valence-electron chi connectivity index (χ2n) is 6.35. The summed E-state index contributed by atoms with van der Waals surface area (Å²) in [4.78, 5) is 12.6. The maximum absolute atomic E-state index is 13.0. The number of likely N-dealkylation sites (tertiary alicyclic amines) is 1. The monoisotopic (exact) mass is 280 g/mol. The van der Waals surface area contributed by atoms with Crippen molar-refractivity contribution in [3.8, 4) is 0 Å². The second kappa shape index (κ2) is 5.40. The van der Waals surface area contributed by atoms with Crippen LogP contribution in [0.3, 0.4) is 0 Å². The molecule has 0 radical (unpaired) electrons. The molecule has 0 saturated carbocycles. The highest BCUT2D eigenvalue weighted by atomic mass is 19.1. The Morgan fingerprint density at radius 2 is 1.90 bits per heavy atom. The third-order valence-electron chi connectivity index (χ3n) is 3.51. The van der Waals surface area contributed by atoms with Gasteiger partial charge in [0.1, 0.15) is 5.82 Å². The SMILES string of the molecule is CC(C)(C)N[C@@H]1CN(C(=O)O)C[C@H]1c1ccc(F)cc1. The van der Waals surface area contributed by atoms with E-state index < -0.39 is 6.09 Å². The Morgan fingerprint density at radius 1 is 1.30 bits per heavy atom. The Hall–Kier alpha value is -1.62. The number of benzene rings is 1. The highest BCUT2D eigenvalue weighted by Gasteiger charge is 2.37. The summed E-state index contributed by atoms with van der Waals surface area (Å²) >= 11 is 0. The molecule has 0 bridgehead atoms. The zero-order valence-corrected chi connectivity index (χ0v) is 12.1. The van der Waals surface area contributed by atoms with Crippen LogP contribution in [-0.2, 0) is 0 Å². The molecule has 1 saturated heterocycles. The van der Waals surface area contributed by atoms with Crippen LogP contribution in [0.5, 0.6) is 0 Å². The average molecular weight is 280 g/mol. The fraction of sp³-hybridized carbons (Fsp3) is 0.533. The summed E-state index contributed by atoms with van der Waals surface area (Å²) < 4.78 is 13.0. The van der Waals surface area contributed by atoms with Crippen molar-refractivity contribution in [2.24, 2.45) is 0 Å². The van der Waals surface area contributed by atoms with Crippen LogP contribution >= 0.6 is 0 Å². The molecule has 1 amide bonds. The lowest BCUT2D eigenvalue weighted by Gasteiger charge is -2.29. The molecular formula is C15H21FN2O2. The highest BCUT2D eigenvalue weighted by molar-refractivity contribution is 5.65. The van der Waals surface area contributed by atoms with Crippen molar-refractivity contribution >= 4 is 6.09 Å². The van der Waals surface area contributed by atoms with Crippen LogP contribution in [0.2, 0.25) is 0 Å². The zero-order chi connectivity index (χ0) is 14.9. The van der Waals surface area contributed by atoms with Gasteiger partial charge in [0.2, 0.25) is 0 Å². The van der Waals surface area contributed by atoms with Crippen LogP contribution in [-0.4, -0.2) is 40.8 Å². The van der Waals surface area contributed by atoms with E-state index in [2.05, 4.69) is 26.1 Å². The summed E-state index contributed by atoms with van der Waals surface area (Å²) in [5.74, 6) is -0.229. The Balaban J connectivity index is 2.22. The molecule has 1 aromatic carbocycles. The summed E-state index contributed by atoms with van der Waals surface area (Å²) in [5.41, 5.74) is 0.870. The van der Waals surface area contributed by atoms with Crippen LogP contribution in [0.25, 0.3) is 0 Å². The second-order valence-corrected chi connectivity index (χ2v) is 6.35. The highest BCUT2D eigenvalue weighted by Crippen LogP contribution is 2.29. The van der Waals surface area contributed by atoms with Crippen molar-refractivity contribution in [2.45, 2.75) is 38.3 Å². The number of nitrogens with one attached hydrogen (secondary N) is 1. The van der Waals surface area contributed by atoms with Gasteiger partial charge in [-0.25, -0.2) is 9.18 Å². The molecule has 0 spiro atoms. The third-order valence-corrected chi connectivity index (χ3v) is 3.51. The third kappa shape index (κ3) is 3.48. The number of carboxylic acid groups (broad SMARTS) is 1. The van der Waals surface area contributed by atoms with Gasteiger partial charge in [-0.15, -0.1) is 0 Å². The molecule has 1 fully saturated rings. The molecule has 5 heteroatoms. The molecule has 4 nitrogen and oxygen atoms in total. The van der Waals surface area contributed by atoms with E-state index in [4.69, 9.17) is 0 Å². The Kier molecular flexibility index (Phi) is 3.99. The van der Waals surface area contributed by atoms with Crippen molar-refractivity contribution < 1.29 is 14.3 Å². The smallest absolute Gasteiger partial charge is 0.407 e. The fourth-order valence-electron chi connectivity index (χ4n) is 2.71.